The third-order valence-electron chi connectivity index (χ3n) is 3.37. The van der Waals surface area contributed by atoms with Crippen molar-refractivity contribution in [3.05, 3.63) is 21.3 Å². The Kier molecular flexibility index (Phi) is 6.29. The molecule has 20 heavy (non-hydrogen) atoms. The van der Waals surface area contributed by atoms with E-state index in [0.29, 0.717) is 19.8 Å². The highest BCUT2D eigenvalue weighted by Crippen LogP contribution is 2.21. The van der Waals surface area contributed by atoms with E-state index in [0.717, 1.165) is 23.7 Å². The van der Waals surface area contributed by atoms with Crippen LogP contribution in [0.15, 0.2) is 12.1 Å². The largest absolute Gasteiger partial charge is 0.379 e. The zero-order chi connectivity index (χ0) is 14.4. The molecule has 1 aromatic rings. The van der Waals surface area contributed by atoms with E-state index >= 15 is 0 Å². The minimum absolute atomic E-state index is 0.0755. The lowest BCUT2D eigenvalue weighted by molar-refractivity contribution is -0.125. The summed E-state index contributed by atoms with van der Waals surface area (Å²) < 4.78 is 6.21. The van der Waals surface area contributed by atoms with Gasteiger partial charge in [0.2, 0.25) is 5.91 Å². The quantitative estimate of drug-likeness (QED) is 0.809. The molecule has 2 atom stereocenters. The number of halogens is 1. The van der Waals surface area contributed by atoms with Crippen LogP contribution < -0.4 is 10.6 Å². The first-order valence-electron chi connectivity index (χ1n) is 7.03. The van der Waals surface area contributed by atoms with Crippen LogP contribution in [0.4, 0.5) is 0 Å². The molecule has 0 saturated carbocycles. The van der Waals surface area contributed by atoms with E-state index in [1.165, 1.54) is 4.88 Å². The summed E-state index contributed by atoms with van der Waals surface area (Å²) in [6.07, 6.45) is 1.88. The van der Waals surface area contributed by atoms with E-state index in [4.69, 9.17) is 16.3 Å². The second kappa shape index (κ2) is 7.98. The van der Waals surface area contributed by atoms with Crippen molar-refractivity contribution < 1.29 is 9.53 Å². The van der Waals surface area contributed by atoms with Crippen LogP contribution in [0.1, 0.15) is 18.2 Å². The third-order valence-corrected chi connectivity index (χ3v) is 4.66. The lowest BCUT2D eigenvalue weighted by Gasteiger charge is -2.18. The van der Waals surface area contributed by atoms with Gasteiger partial charge in [-0.2, -0.15) is 0 Å². The molecule has 0 aromatic carbocycles. The Labute approximate surface area is 128 Å². The zero-order valence-corrected chi connectivity index (χ0v) is 13.2. The van der Waals surface area contributed by atoms with Gasteiger partial charge in [-0.1, -0.05) is 18.5 Å². The van der Waals surface area contributed by atoms with Crippen LogP contribution >= 0.6 is 22.9 Å². The number of thiophene rings is 1. The molecule has 112 valence electrons. The Morgan fingerprint density at radius 3 is 3.00 bits per heavy atom. The number of ether oxygens (including phenoxy) is 1. The molecule has 2 rings (SSSR count). The highest BCUT2D eigenvalue weighted by molar-refractivity contribution is 7.16. The average molecular weight is 317 g/mol. The van der Waals surface area contributed by atoms with Crippen molar-refractivity contribution in [1.29, 1.82) is 0 Å². The van der Waals surface area contributed by atoms with Crippen molar-refractivity contribution in [3.8, 4) is 0 Å². The highest BCUT2D eigenvalue weighted by Gasteiger charge is 2.33. The number of amides is 1. The molecule has 2 heterocycles. The van der Waals surface area contributed by atoms with E-state index in [1.807, 2.05) is 12.1 Å². The summed E-state index contributed by atoms with van der Waals surface area (Å²) in [6.45, 7) is 4.82. The molecule has 6 heteroatoms. The molecule has 1 aromatic heterocycles. The first kappa shape index (κ1) is 15.8. The van der Waals surface area contributed by atoms with Crippen LogP contribution in [0.3, 0.4) is 0 Å². The molecule has 1 saturated heterocycles. The predicted molar refractivity (Wildman–Crippen MR) is 82.4 cm³/mol. The molecule has 0 radical (unpaired) electrons. The number of hydrogen-bond acceptors (Lipinski definition) is 4. The molecule has 0 bridgehead atoms. The molecule has 2 N–H and O–H groups in total. The summed E-state index contributed by atoms with van der Waals surface area (Å²) in [6, 6.07) is 4.04. The van der Waals surface area contributed by atoms with Crippen LogP contribution in [0.2, 0.25) is 4.34 Å². The maximum Gasteiger partial charge on any atom is 0.227 e. The van der Waals surface area contributed by atoms with E-state index in [-0.39, 0.29) is 17.9 Å². The van der Waals surface area contributed by atoms with Gasteiger partial charge < -0.3 is 15.4 Å². The number of hydrogen-bond donors (Lipinski definition) is 2. The van der Waals surface area contributed by atoms with Crippen molar-refractivity contribution in [1.82, 2.24) is 10.6 Å². The van der Waals surface area contributed by atoms with Gasteiger partial charge >= 0.3 is 0 Å². The van der Waals surface area contributed by atoms with Crippen LogP contribution in [0.25, 0.3) is 0 Å². The van der Waals surface area contributed by atoms with Gasteiger partial charge in [0.05, 0.1) is 23.5 Å². The number of carbonyl (C=O) groups excluding carboxylic acids is 1. The van der Waals surface area contributed by atoms with E-state index in [2.05, 4.69) is 17.6 Å². The fourth-order valence-electron chi connectivity index (χ4n) is 2.27. The molecule has 2 unspecified atom stereocenters. The summed E-state index contributed by atoms with van der Waals surface area (Å²) in [5.74, 6) is 0.00669. The number of nitrogens with one attached hydrogen (secondary N) is 2. The lowest BCUT2D eigenvalue weighted by atomic mass is 10.0. The van der Waals surface area contributed by atoms with Crippen LogP contribution in [0.5, 0.6) is 0 Å². The monoisotopic (exact) mass is 316 g/mol. The number of rotatable bonds is 7. The molecule has 4 nitrogen and oxygen atoms in total. The molecule has 0 spiro atoms. The van der Waals surface area contributed by atoms with Crippen molar-refractivity contribution in [2.75, 3.05) is 26.3 Å². The predicted octanol–water partition coefficient (Wildman–Crippen LogP) is 2.07. The Balaban J connectivity index is 1.73. The lowest BCUT2D eigenvalue weighted by Crippen LogP contribution is -2.44. The molecule has 1 fully saturated rings. The normalized spacial score (nSPS) is 22.1. The van der Waals surface area contributed by atoms with Crippen molar-refractivity contribution in [2.24, 2.45) is 5.92 Å². The van der Waals surface area contributed by atoms with Crippen molar-refractivity contribution in [2.45, 2.75) is 25.8 Å². The van der Waals surface area contributed by atoms with E-state index < -0.39 is 0 Å². The maximum atomic E-state index is 12.2. The van der Waals surface area contributed by atoms with Gasteiger partial charge in [0.15, 0.2) is 0 Å². The van der Waals surface area contributed by atoms with Gasteiger partial charge in [0.1, 0.15) is 0 Å². The zero-order valence-electron chi connectivity index (χ0n) is 11.7. The minimum Gasteiger partial charge on any atom is -0.379 e. The summed E-state index contributed by atoms with van der Waals surface area (Å²) in [5, 5.41) is 6.37. The molecule has 1 aliphatic heterocycles. The van der Waals surface area contributed by atoms with Gasteiger partial charge in [-0.3, -0.25) is 4.79 Å². The molecule has 1 aliphatic rings. The minimum atomic E-state index is -0.0755. The first-order chi connectivity index (χ1) is 9.70. The topological polar surface area (TPSA) is 50.4 Å². The Morgan fingerprint density at radius 2 is 2.30 bits per heavy atom. The standard InChI is InChI=1S/C14H21ClN2O2S/c1-2-6-16-12-9-19-8-11(12)14(18)17-7-5-10-3-4-13(15)20-10/h3-4,11-12,16H,2,5-9H2,1H3,(H,17,18). The fourth-order valence-corrected chi connectivity index (χ4v) is 3.36. The van der Waals surface area contributed by atoms with E-state index in [1.54, 1.807) is 11.3 Å². The van der Waals surface area contributed by atoms with Crippen molar-refractivity contribution >= 4 is 28.8 Å². The summed E-state index contributed by atoms with van der Waals surface area (Å²) in [4.78, 5) is 13.4. The van der Waals surface area contributed by atoms with E-state index in [9.17, 15) is 4.79 Å². The Hall–Kier alpha value is -0.620. The van der Waals surface area contributed by atoms with Crippen molar-refractivity contribution in [3.63, 3.8) is 0 Å². The summed E-state index contributed by atoms with van der Waals surface area (Å²) >= 11 is 7.44. The number of carbonyl (C=O) groups is 1. The maximum absolute atomic E-state index is 12.2. The molecular weight excluding hydrogens is 296 g/mol. The molecular formula is C14H21ClN2O2S. The van der Waals surface area contributed by atoms with Gasteiger partial charge in [-0.05, 0) is 31.5 Å². The van der Waals surface area contributed by atoms with Gasteiger partial charge in [-0.25, -0.2) is 0 Å². The summed E-state index contributed by atoms with van der Waals surface area (Å²) in [5.41, 5.74) is 0. The smallest absolute Gasteiger partial charge is 0.227 e. The van der Waals surface area contributed by atoms with Gasteiger partial charge in [0.25, 0.3) is 0 Å². The Bertz CT molecular complexity index is 439. The first-order valence-corrected chi connectivity index (χ1v) is 8.23. The SMILES string of the molecule is CCCNC1COCC1C(=O)NCCc1ccc(Cl)s1. The second-order valence-electron chi connectivity index (χ2n) is 4.95. The second-order valence-corrected chi connectivity index (χ2v) is 6.75. The van der Waals surface area contributed by atoms with Crippen LogP contribution in [-0.2, 0) is 16.0 Å². The molecule has 1 amide bonds. The third kappa shape index (κ3) is 4.45. The Morgan fingerprint density at radius 1 is 1.45 bits per heavy atom. The van der Waals surface area contributed by atoms with Gasteiger partial charge in [-0.15, -0.1) is 11.3 Å². The van der Waals surface area contributed by atoms with Crippen LogP contribution in [-0.4, -0.2) is 38.3 Å². The fraction of sp³-hybridized carbons (Fsp3) is 0.643. The summed E-state index contributed by atoms with van der Waals surface area (Å²) in [7, 11) is 0. The molecule has 0 aliphatic carbocycles. The van der Waals surface area contributed by atoms with Gasteiger partial charge in [0, 0.05) is 17.5 Å². The highest BCUT2D eigenvalue weighted by atomic mass is 35.5. The van der Waals surface area contributed by atoms with Crippen LogP contribution in [0, 0.1) is 5.92 Å². The average Bonchev–Trinajstić information content (AvgIpc) is 3.05.